The molecule has 142 valence electrons. The molecule has 2 aromatic rings. The highest BCUT2D eigenvalue weighted by molar-refractivity contribution is 7.80. The first-order chi connectivity index (χ1) is 13.1. The molecule has 1 fully saturated rings. The lowest BCUT2D eigenvalue weighted by Gasteiger charge is -2.27. The number of hydrogen-bond donors (Lipinski definition) is 2. The molecule has 5 nitrogen and oxygen atoms in total. The number of amides is 2. The third-order valence-corrected chi connectivity index (χ3v) is 4.75. The smallest absolute Gasteiger partial charge is 0.258 e. The summed E-state index contributed by atoms with van der Waals surface area (Å²) in [5.74, 6) is -1.17. The van der Waals surface area contributed by atoms with E-state index in [9.17, 15) is 14.0 Å². The maximum atomic E-state index is 14.4. The summed E-state index contributed by atoms with van der Waals surface area (Å²) in [6.07, 6.45) is 0.848. The Morgan fingerprint density at radius 2 is 1.93 bits per heavy atom. The first kappa shape index (κ1) is 19.4. The molecule has 27 heavy (non-hydrogen) atoms. The van der Waals surface area contributed by atoms with Crippen LogP contribution in [-0.2, 0) is 4.79 Å². The summed E-state index contributed by atoms with van der Waals surface area (Å²) >= 11 is 4.26. The van der Waals surface area contributed by atoms with E-state index in [1.807, 2.05) is 0 Å². The van der Waals surface area contributed by atoms with Gasteiger partial charge in [-0.15, -0.1) is 12.6 Å². The summed E-state index contributed by atoms with van der Waals surface area (Å²) in [5.41, 5.74) is 0.449. The molecular weight excluding hydrogens is 365 g/mol. The number of thiol groups is 1. The van der Waals surface area contributed by atoms with E-state index in [4.69, 9.17) is 0 Å². The van der Waals surface area contributed by atoms with Crippen LogP contribution >= 0.6 is 12.6 Å². The summed E-state index contributed by atoms with van der Waals surface area (Å²) in [6, 6.07) is 12.7. The van der Waals surface area contributed by atoms with Gasteiger partial charge in [-0.3, -0.25) is 14.5 Å². The lowest BCUT2D eigenvalue weighted by molar-refractivity contribution is -0.129. The summed E-state index contributed by atoms with van der Waals surface area (Å²) in [5, 5.41) is 3.24. The monoisotopic (exact) mass is 387 g/mol. The Balaban J connectivity index is 1.89. The van der Waals surface area contributed by atoms with Crippen LogP contribution < -0.4 is 10.2 Å². The van der Waals surface area contributed by atoms with Crippen molar-refractivity contribution in [2.75, 3.05) is 37.6 Å². The highest BCUT2D eigenvalue weighted by Crippen LogP contribution is 2.22. The lowest BCUT2D eigenvalue weighted by atomic mass is 10.1. The quantitative estimate of drug-likeness (QED) is 0.793. The number of rotatable bonds is 4. The maximum Gasteiger partial charge on any atom is 0.258 e. The molecule has 1 N–H and O–H groups in total. The van der Waals surface area contributed by atoms with E-state index in [0.717, 1.165) is 13.0 Å². The van der Waals surface area contributed by atoms with E-state index in [-0.39, 0.29) is 18.1 Å². The molecule has 1 aliphatic heterocycles. The maximum absolute atomic E-state index is 14.4. The van der Waals surface area contributed by atoms with Gasteiger partial charge in [-0.05, 0) is 43.3 Å². The average Bonchev–Trinajstić information content (AvgIpc) is 2.96. The number of anilines is 1. The zero-order valence-electron chi connectivity index (χ0n) is 14.9. The van der Waals surface area contributed by atoms with Crippen molar-refractivity contribution >= 4 is 30.1 Å². The Morgan fingerprint density at radius 3 is 2.70 bits per heavy atom. The Labute approximate surface area is 163 Å². The fourth-order valence-electron chi connectivity index (χ4n) is 3.06. The van der Waals surface area contributed by atoms with Crippen LogP contribution in [0.1, 0.15) is 16.8 Å². The summed E-state index contributed by atoms with van der Waals surface area (Å²) in [6.45, 7) is 2.55. The van der Waals surface area contributed by atoms with Gasteiger partial charge in [-0.25, -0.2) is 4.39 Å². The molecule has 0 aromatic heterocycles. The summed E-state index contributed by atoms with van der Waals surface area (Å²) in [4.78, 5) is 29.4. The van der Waals surface area contributed by atoms with Crippen LogP contribution in [0.25, 0.3) is 0 Å². The number of nitrogens with one attached hydrogen (secondary N) is 1. The van der Waals surface area contributed by atoms with Gasteiger partial charge in [-0.1, -0.05) is 18.2 Å². The van der Waals surface area contributed by atoms with Gasteiger partial charge in [0.05, 0.1) is 5.69 Å². The number of carbonyl (C=O) groups excluding carboxylic acids is 2. The minimum absolute atomic E-state index is 0.0911. The third-order valence-electron chi connectivity index (χ3n) is 4.47. The molecule has 1 saturated heterocycles. The molecule has 0 aliphatic carbocycles. The molecule has 3 rings (SSSR count). The highest BCUT2D eigenvalue weighted by atomic mass is 32.1. The van der Waals surface area contributed by atoms with Crippen molar-refractivity contribution in [3.63, 3.8) is 0 Å². The SMILES string of the molecule is O=C(CN(C(=O)c1cccc(S)c1)c1ccccc1F)N1CCCNCC1. The number of halogens is 1. The summed E-state index contributed by atoms with van der Waals surface area (Å²) in [7, 11) is 0. The fraction of sp³-hybridized carbons (Fsp3) is 0.300. The minimum atomic E-state index is -0.543. The van der Waals surface area contributed by atoms with E-state index in [1.165, 1.54) is 17.0 Å². The number of hydrogen-bond acceptors (Lipinski definition) is 4. The van der Waals surface area contributed by atoms with Crippen molar-refractivity contribution in [3.8, 4) is 0 Å². The van der Waals surface area contributed by atoms with Crippen LogP contribution in [0, 0.1) is 5.82 Å². The standard InChI is InChI=1S/C20H22FN3O2S/c21-17-7-1-2-8-18(17)24(20(26)15-5-3-6-16(27)13-15)14-19(25)23-11-4-9-22-10-12-23/h1-3,5-8,13,22,27H,4,9-12,14H2. The second-order valence-corrected chi connectivity index (χ2v) is 6.89. The molecular formula is C20H22FN3O2S. The topological polar surface area (TPSA) is 52.7 Å². The Bertz CT molecular complexity index is 822. The minimum Gasteiger partial charge on any atom is -0.340 e. The van der Waals surface area contributed by atoms with E-state index >= 15 is 0 Å². The molecule has 0 unspecified atom stereocenters. The highest BCUT2D eigenvalue weighted by Gasteiger charge is 2.26. The molecule has 0 radical (unpaired) electrons. The van der Waals surface area contributed by atoms with Crippen LogP contribution in [0.15, 0.2) is 53.4 Å². The molecule has 1 heterocycles. The molecule has 0 atom stereocenters. The number of nitrogens with zero attached hydrogens (tertiary/aromatic N) is 2. The van der Waals surface area contributed by atoms with Gasteiger partial charge in [0.15, 0.2) is 0 Å². The van der Waals surface area contributed by atoms with Crippen molar-refractivity contribution in [2.45, 2.75) is 11.3 Å². The number of benzene rings is 2. The Morgan fingerprint density at radius 1 is 1.11 bits per heavy atom. The zero-order valence-corrected chi connectivity index (χ0v) is 15.8. The van der Waals surface area contributed by atoms with E-state index in [2.05, 4.69) is 17.9 Å². The van der Waals surface area contributed by atoms with Crippen molar-refractivity contribution in [2.24, 2.45) is 0 Å². The van der Waals surface area contributed by atoms with Gasteiger partial charge < -0.3 is 10.2 Å². The molecule has 0 bridgehead atoms. The molecule has 7 heteroatoms. The van der Waals surface area contributed by atoms with Crippen molar-refractivity contribution in [1.82, 2.24) is 10.2 Å². The van der Waals surface area contributed by atoms with Gasteiger partial charge in [0.2, 0.25) is 5.91 Å². The van der Waals surface area contributed by atoms with Crippen molar-refractivity contribution in [1.29, 1.82) is 0 Å². The first-order valence-electron chi connectivity index (χ1n) is 8.90. The van der Waals surface area contributed by atoms with Gasteiger partial charge >= 0.3 is 0 Å². The predicted molar refractivity (Wildman–Crippen MR) is 106 cm³/mol. The second-order valence-electron chi connectivity index (χ2n) is 6.38. The molecule has 1 aliphatic rings. The second kappa shape index (κ2) is 9.01. The van der Waals surface area contributed by atoms with Gasteiger partial charge in [-0.2, -0.15) is 0 Å². The first-order valence-corrected chi connectivity index (χ1v) is 9.35. The van der Waals surface area contributed by atoms with Crippen LogP contribution in [-0.4, -0.2) is 49.4 Å². The predicted octanol–water partition coefficient (Wildman–Crippen LogP) is 2.58. The van der Waals surface area contributed by atoms with Crippen molar-refractivity contribution < 1.29 is 14.0 Å². The van der Waals surface area contributed by atoms with E-state index < -0.39 is 11.7 Å². The zero-order chi connectivity index (χ0) is 19.2. The van der Waals surface area contributed by atoms with Gasteiger partial charge in [0.25, 0.3) is 5.91 Å². The Hall–Kier alpha value is -2.38. The molecule has 0 saturated carbocycles. The fourth-order valence-corrected chi connectivity index (χ4v) is 3.29. The van der Waals surface area contributed by atoms with E-state index in [1.54, 1.807) is 41.3 Å². The van der Waals surface area contributed by atoms with Gasteiger partial charge in [0, 0.05) is 30.1 Å². The molecule has 2 aromatic carbocycles. The Kier molecular flexibility index (Phi) is 6.47. The number of para-hydroxylation sites is 1. The number of carbonyl (C=O) groups is 2. The van der Waals surface area contributed by atoms with Crippen LogP contribution in [0.2, 0.25) is 0 Å². The van der Waals surface area contributed by atoms with Crippen LogP contribution in [0.4, 0.5) is 10.1 Å². The largest absolute Gasteiger partial charge is 0.340 e. The van der Waals surface area contributed by atoms with Crippen LogP contribution in [0.5, 0.6) is 0 Å². The molecule has 0 spiro atoms. The molecule has 2 amide bonds. The van der Waals surface area contributed by atoms with Crippen molar-refractivity contribution in [3.05, 3.63) is 59.9 Å². The van der Waals surface area contributed by atoms with Crippen LogP contribution in [0.3, 0.4) is 0 Å². The summed E-state index contributed by atoms with van der Waals surface area (Å²) < 4.78 is 14.4. The average molecular weight is 387 g/mol. The third kappa shape index (κ3) is 4.87. The normalized spacial score (nSPS) is 14.5. The lowest BCUT2D eigenvalue weighted by Crippen LogP contribution is -2.44. The van der Waals surface area contributed by atoms with Gasteiger partial charge in [0.1, 0.15) is 12.4 Å². The van der Waals surface area contributed by atoms with E-state index in [0.29, 0.717) is 30.1 Å².